The molecule has 0 amide bonds. The summed E-state index contributed by atoms with van der Waals surface area (Å²) in [6.07, 6.45) is -0.813. The predicted molar refractivity (Wildman–Crippen MR) is 89.2 cm³/mol. The lowest BCUT2D eigenvalue weighted by Crippen LogP contribution is -2.00. The summed E-state index contributed by atoms with van der Waals surface area (Å²) < 4.78 is 6.77. The third-order valence-electron chi connectivity index (χ3n) is 3.28. The maximum atomic E-state index is 10.5. The van der Waals surface area contributed by atoms with Crippen LogP contribution in [-0.2, 0) is 0 Å². The number of aliphatic hydroxyl groups excluding tert-OH is 1. The topological polar surface area (TPSA) is 33.4 Å². The maximum Gasteiger partial charge on any atom is 0.138 e. The van der Waals surface area contributed by atoms with Crippen LogP contribution in [0, 0.1) is 10.5 Å². The van der Waals surface area contributed by atoms with Gasteiger partial charge in [0.15, 0.2) is 0 Å². The fraction of sp³-hybridized carbons (Fsp3) is 0.125. The molecule has 20 heavy (non-hydrogen) atoms. The summed E-state index contributed by atoms with van der Waals surface area (Å²) in [4.78, 5) is 0. The second kappa shape index (κ2) is 5.39. The highest BCUT2D eigenvalue weighted by Gasteiger charge is 2.19. The minimum Gasteiger partial charge on any atom is -0.458 e. The summed E-state index contributed by atoms with van der Waals surface area (Å²) in [5.74, 6) is 0.537. The average Bonchev–Trinajstić information content (AvgIpc) is 2.86. The maximum absolute atomic E-state index is 10.5. The Labute approximate surface area is 135 Å². The van der Waals surface area contributed by atoms with Crippen molar-refractivity contribution in [3.05, 3.63) is 67.9 Å². The molecular weight excluding hydrogens is 387 g/mol. The van der Waals surface area contributed by atoms with Crippen molar-refractivity contribution in [1.29, 1.82) is 0 Å². The number of hydrogen-bond donors (Lipinski definition) is 1. The molecule has 2 aromatic carbocycles. The summed E-state index contributed by atoms with van der Waals surface area (Å²) in [5.41, 5.74) is 2.63. The second-order valence-electron chi connectivity index (χ2n) is 4.71. The molecule has 0 spiro atoms. The van der Waals surface area contributed by atoms with E-state index in [2.05, 4.69) is 22.6 Å². The molecule has 1 atom stereocenters. The fourth-order valence-electron chi connectivity index (χ4n) is 2.24. The molecule has 1 heterocycles. The van der Waals surface area contributed by atoms with E-state index in [4.69, 9.17) is 16.0 Å². The van der Waals surface area contributed by atoms with Gasteiger partial charge in [-0.25, -0.2) is 0 Å². The van der Waals surface area contributed by atoms with Crippen molar-refractivity contribution in [1.82, 2.24) is 0 Å². The Balaban J connectivity index is 2.10. The molecule has 4 heteroatoms. The molecule has 0 aliphatic rings. The lowest BCUT2D eigenvalue weighted by molar-refractivity contribution is 0.191. The highest BCUT2D eigenvalue weighted by molar-refractivity contribution is 14.1. The Kier molecular flexibility index (Phi) is 3.75. The van der Waals surface area contributed by atoms with Crippen molar-refractivity contribution >= 4 is 45.2 Å². The van der Waals surface area contributed by atoms with Crippen LogP contribution >= 0.6 is 34.2 Å². The van der Waals surface area contributed by atoms with E-state index in [1.165, 1.54) is 0 Å². The molecule has 0 bridgehead atoms. The summed E-state index contributed by atoms with van der Waals surface area (Å²) in [6.45, 7) is 1.99. The number of furan rings is 1. The highest BCUT2D eigenvalue weighted by atomic mass is 127. The number of halogens is 2. The standard InChI is InChI=1S/C16H12ClIO2/c1-9-3-2-4-10-7-14(20-16(9)10)15(19)12-8-11(17)5-6-13(12)18/h2-8,15,19H,1H3. The van der Waals surface area contributed by atoms with Gasteiger partial charge >= 0.3 is 0 Å². The minimum atomic E-state index is -0.813. The van der Waals surface area contributed by atoms with Crippen LogP contribution in [0.1, 0.15) is 23.0 Å². The monoisotopic (exact) mass is 398 g/mol. The quantitative estimate of drug-likeness (QED) is 0.611. The number of benzene rings is 2. The van der Waals surface area contributed by atoms with Gasteiger partial charge in [-0.1, -0.05) is 29.8 Å². The van der Waals surface area contributed by atoms with Crippen LogP contribution in [0.4, 0.5) is 0 Å². The Morgan fingerprint density at radius 3 is 2.75 bits per heavy atom. The molecule has 3 aromatic rings. The second-order valence-corrected chi connectivity index (χ2v) is 6.31. The minimum absolute atomic E-state index is 0.537. The number of aryl methyl sites for hydroxylation is 1. The van der Waals surface area contributed by atoms with Crippen LogP contribution in [0.5, 0.6) is 0 Å². The smallest absolute Gasteiger partial charge is 0.138 e. The van der Waals surface area contributed by atoms with Crippen molar-refractivity contribution < 1.29 is 9.52 Å². The van der Waals surface area contributed by atoms with Gasteiger partial charge in [-0.3, -0.25) is 0 Å². The Bertz CT molecular complexity index is 779. The molecule has 2 nitrogen and oxygen atoms in total. The highest BCUT2D eigenvalue weighted by Crippen LogP contribution is 2.32. The zero-order valence-electron chi connectivity index (χ0n) is 10.7. The van der Waals surface area contributed by atoms with Crippen LogP contribution in [-0.4, -0.2) is 5.11 Å². The normalized spacial score (nSPS) is 12.8. The lowest BCUT2D eigenvalue weighted by atomic mass is 10.1. The zero-order chi connectivity index (χ0) is 14.3. The summed E-state index contributed by atoms with van der Waals surface area (Å²) >= 11 is 8.19. The number of aliphatic hydroxyl groups is 1. The van der Waals surface area contributed by atoms with E-state index in [-0.39, 0.29) is 0 Å². The van der Waals surface area contributed by atoms with E-state index in [1.54, 1.807) is 6.07 Å². The fourth-order valence-corrected chi connectivity index (χ4v) is 3.05. The first-order valence-corrected chi connectivity index (χ1v) is 7.64. The molecule has 102 valence electrons. The van der Waals surface area contributed by atoms with Gasteiger partial charge in [-0.05, 0) is 59.3 Å². The van der Waals surface area contributed by atoms with E-state index in [0.29, 0.717) is 10.8 Å². The predicted octanol–water partition coefficient (Wildman–Crippen LogP) is 5.08. The molecule has 3 rings (SSSR count). The van der Waals surface area contributed by atoms with E-state index in [0.717, 1.165) is 25.7 Å². The van der Waals surface area contributed by atoms with Crippen molar-refractivity contribution in [2.45, 2.75) is 13.0 Å². The summed E-state index contributed by atoms with van der Waals surface area (Å²) in [7, 11) is 0. The van der Waals surface area contributed by atoms with Crippen molar-refractivity contribution in [3.8, 4) is 0 Å². The molecule has 0 saturated carbocycles. The molecule has 1 N–H and O–H groups in total. The summed E-state index contributed by atoms with van der Waals surface area (Å²) in [6, 6.07) is 13.3. The number of fused-ring (bicyclic) bond motifs is 1. The summed E-state index contributed by atoms with van der Waals surface area (Å²) in [5, 5.41) is 12.1. The Morgan fingerprint density at radius 2 is 2.00 bits per heavy atom. The third kappa shape index (κ3) is 2.45. The van der Waals surface area contributed by atoms with Gasteiger partial charge < -0.3 is 9.52 Å². The number of para-hydroxylation sites is 1. The lowest BCUT2D eigenvalue weighted by Gasteiger charge is -2.10. The molecule has 1 unspecified atom stereocenters. The van der Waals surface area contributed by atoms with Gasteiger partial charge in [0, 0.05) is 19.5 Å². The van der Waals surface area contributed by atoms with Gasteiger partial charge in [-0.2, -0.15) is 0 Å². The Hall–Kier alpha value is -1.04. The van der Waals surface area contributed by atoms with E-state index < -0.39 is 6.10 Å². The molecule has 0 aliphatic heterocycles. The molecule has 0 radical (unpaired) electrons. The van der Waals surface area contributed by atoms with Gasteiger partial charge in [0.2, 0.25) is 0 Å². The first-order valence-electron chi connectivity index (χ1n) is 6.18. The first kappa shape index (κ1) is 13.9. The van der Waals surface area contributed by atoms with Crippen LogP contribution in [0.2, 0.25) is 5.02 Å². The van der Waals surface area contributed by atoms with Crippen molar-refractivity contribution in [3.63, 3.8) is 0 Å². The van der Waals surface area contributed by atoms with Crippen molar-refractivity contribution in [2.75, 3.05) is 0 Å². The zero-order valence-corrected chi connectivity index (χ0v) is 13.6. The Morgan fingerprint density at radius 1 is 1.20 bits per heavy atom. The average molecular weight is 399 g/mol. The van der Waals surface area contributed by atoms with E-state index in [1.807, 2.05) is 43.3 Å². The first-order chi connectivity index (χ1) is 9.56. The number of hydrogen-bond acceptors (Lipinski definition) is 2. The molecule has 1 aromatic heterocycles. The van der Waals surface area contributed by atoms with Gasteiger partial charge in [0.1, 0.15) is 17.4 Å². The largest absolute Gasteiger partial charge is 0.458 e. The van der Waals surface area contributed by atoms with E-state index >= 15 is 0 Å². The van der Waals surface area contributed by atoms with Crippen LogP contribution in [0.3, 0.4) is 0 Å². The number of rotatable bonds is 2. The SMILES string of the molecule is Cc1cccc2cc(C(O)c3cc(Cl)ccc3I)oc12. The molecule has 0 fully saturated rings. The van der Waals surface area contributed by atoms with Gasteiger partial charge in [0.05, 0.1) is 0 Å². The molecule has 0 saturated heterocycles. The third-order valence-corrected chi connectivity index (χ3v) is 4.50. The van der Waals surface area contributed by atoms with Crippen molar-refractivity contribution in [2.24, 2.45) is 0 Å². The van der Waals surface area contributed by atoms with E-state index in [9.17, 15) is 5.11 Å². The molecule has 0 aliphatic carbocycles. The van der Waals surface area contributed by atoms with Gasteiger partial charge in [-0.15, -0.1) is 0 Å². The van der Waals surface area contributed by atoms with Crippen LogP contribution < -0.4 is 0 Å². The van der Waals surface area contributed by atoms with Crippen LogP contribution in [0.15, 0.2) is 46.9 Å². The molecular formula is C16H12ClIO2. The van der Waals surface area contributed by atoms with Crippen LogP contribution in [0.25, 0.3) is 11.0 Å². The van der Waals surface area contributed by atoms with Gasteiger partial charge in [0.25, 0.3) is 0 Å².